The summed E-state index contributed by atoms with van der Waals surface area (Å²) in [6, 6.07) is 8.02. The summed E-state index contributed by atoms with van der Waals surface area (Å²) in [6.45, 7) is 1.74. The molecule has 2 aromatic carbocycles. The normalized spacial score (nSPS) is 12.3. The zero-order chi connectivity index (χ0) is 17.3. The number of rotatable bonds is 5. The summed E-state index contributed by atoms with van der Waals surface area (Å²) >= 11 is 0. The Hall–Kier alpha value is -1.88. The van der Waals surface area contributed by atoms with E-state index in [9.17, 15) is 25.6 Å². The summed E-state index contributed by atoms with van der Waals surface area (Å²) in [5.74, 6) is -2.68. The molecule has 0 spiro atoms. The van der Waals surface area contributed by atoms with Crippen molar-refractivity contribution in [2.45, 2.75) is 16.7 Å². The Morgan fingerprint density at radius 3 is 1.78 bits per heavy atom. The molecule has 23 heavy (non-hydrogen) atoms. The van der Waals surface area contributed by atoms with Crippen LogP contribution in [0, 0.1) is 18.6 Å². The molecule has 2 rings (SSSR count). The molecule has 0 aliphatic carbocycles. The molecule has 124 valence electrons. The first-order chi connectivity index (χ1) is 10.6. The van der Waals surface area contributed by atoms with Gasteiger partial charge >= 0.3 is 0 Å². The first-order valence-electron chi connectivity index (χ1n) is 6.18. The lowest BCUT2D eigenvalue weighted by Crippen LogP contribution is -2.42. The van der Waals surface area contributed by atoms with Crippen LogP contribution >= 0.6 is 0 Å². The molecule has 0 radical (unpaired) electrons. The van der Waals surface area contributed by atoms with Crippen LogP contribution in [0.4, 0.5) is 8.78 Å². The Bertz CT molecular complexity index is 907. The molecule has 6 nitrogen and oxygen atoms in total. The fraction of sp³-hybridized carbons (Fsp3) is 0.0769. The zero-order valence-electron chi connectivity index (χ0n) is 11.7. The van der Waals surface area contributed by atoms with Gasteiger partial charge in [0.2, 0.25) is 0 Å². The van der Waals surface area contributed by atoms with Crippen LogP contribution in [0.2, 0.25) is 0 Å². The number of benzene rings is 2. The standard InChI is InChI=1S/C13H12F2N2O4S2/c1-9-5-7-10(8-6-9)22(18,19)16-17-23(20,21)13-11(14)3-2-4-12(13)15/h2-8,16-17H,1H3. The van der Waals surface area contributed by atoms with Crippen LogP contribution in [0.15, 0.2) is 52.3 Å². The number of hydrazine groups is 1. The number of aryl methyl sites for hydroxylation is 1. The van der Waals surface area contributed by atoms with Crippen LogP contribution in [-0.4, -0.2) is 16.8 Å². The van der Waals surface area contributed by atoms with Crippen molar-refractivity contribution in [1.29, 1.82) is 0 Å². The largest absolute Gasteiger partial charge is 0.259 e. The fourth-order valence-corrected chi connectivity index (χ4v) is 3.92. The Balaban J connectivity index is 2.27. The molecule has 2 aromatic rings. The van der Waals surface area contributed by atoms with Crippen LogP contribution in [0.3, 0.4) is 0 Å². The molecule has 0 aliphatic rings. The smallest absolute Gasteiger partial charge is 0.206 e. The molecule has 0 amide bonds. The monoisotopic (exact) mass is 362 g/mol. The topological polar surface area (TPSA) is 92.3 Å². The van der Waals surface area contributed by atoms with Crippen molar-refractivity contribution in [3.63, 3.8) is 0 Å². The molecule has 2 N–H and O–H groups in total. The van der Waals surface area contributed by atoms with Crippen LogP contribution < -0.4 is 9.66 Å². The van der Waals surface area contributed by atoms with Gasteiger partial charge in [-0.05, 0) is 31.2 Å². The second-order valence-corrected chi connectivity index (χ2v) is 7.88. The number of sulfonamides is 2. The van der Waals surface area contributed by atoms with E-state index in [0.29, 0.717) is 0 Å². The molecule has 0 saturated heterocycles. The van der Waals surface area contributed by atoms with Crippen LogP contribution in [0.1, 0.15) is 5.56 Å². The van der Waals surface area contributed by atoms with Gasteiger partial charge in [-0.15, -0.1) is 9.66 Å². The summed E-state index contributed by atoms with van der Waals surface area (Å²) in [5.41, 5.74) is 0.804. The van der Waals surface area contributed by atoms with Gasteiger partial charge < -0.3 is 0 Å². The van der Waals surface area contributed by atoms with Gasteiger partial charge in [-0.25, -0.2) is 25.6 Å². The second-order valence-electron chi connectivity index (χ2n) is 4.57. The van der Waals surface area contributed by atoms with Crippen molar-refractivity contribution in [2.75, 3.05) is 0 Å². The average molecular weight is 362 g/mol. The van der Waals surface area contributed by atoms with E-state index in [1.165, 1.54) is 29.1 Å². The number of halogens is 2. The molecule has 0 aliphatic heterocycles. The minimum atomic E-state index is -4.76. The second kappa shape index (κ2) is 6.32. The lowest BCUT2D eigenvalue weighted by Gasteiger charge is -2.10. The van der Waals surface area contributed by atoms with Gasteiger partial charge in [-0.2, -0.15) is 0 Å². The van der Waals surface area contributed by atoms with Gasteiger partial charge in [-0.3, -0.25) is 0 Å². The summed E-state index contributed by atoms with van der Waals surface area (Å²) in [7, 11) is -8.99. The maximum atomic E-state index is 13.5. The number of nitrogens with one attached hydrogen (secondary N) is 2. The SMILES string of the molecule is Cc1ccc(S(=O)(=O)NNS(=O)(=O)c2c(F)cccc2F)cc1. The minimum Gasteiger partial charge on any atom is -0.206 e. The molecule has 0 unspecified atom stereocenters. The molecule has 10 heteroatoms. The first kappa shape index (κ1) is 17.5. The van der Waals surface area contributed by atoms with E-state index in [1.807, 2.05) is 0 Å². The van der Waals surface area contributed by atoms with E-state index < -0.39 is 36.6 Å². The van der Waals surface area contributed by atoms with Gasteiger partial charge in [0.25, 0.3) is 20.0 Å². The van der Waals surface area contributed by atoms with Crippen molar-refractivity contribution in [2.24, 2.45) is 0 Å². The van der Waals surface area contributed by atoms with E-state index in [-0.39, 0.29) is 4.90 Å². The summed E-state index contributed by atoms with van der Waals surface area (Å²) < 4.78 is 74.7. The molecule has 0 heterocycles. The highest BCUT2D eigenvalue weighted by molar-refractivity contribution is 7.92. The highest BCUT2D eigenvalue weighted by atomic mass is 32.2. The minimum absolute atomic E-state index is 0.209. The van der Waals surface area contributed by atoms with Crippen molar-refractivity contribution in [3.8, 4) is 0 Å². The third-order valence-electron chi connectivity index (χ3n) is 2.83. The Morgan fingerprint density at radius 1 is 0.783 bits per heavy atom. The number of hydrogen-bond donors (Lipinski definition) is 2. The fourth-order valence-electron chi connectivity index (χ4n) is 1.68. The molecular formula is C13H12F2N2O4S2. The highest BCUT2D eigenvalue weighted by Crippen LogP contribution is 2.18. The van der Waals surface area contributed by atoms with Crippen LogP contribution in [0.5, 0.6) is 0 Å². The van der Waals surface area contributed by atoms with Gasteiger partial charge in [-0.1, -0.05) is 23.8 Å². The summed E-state index contributed by atoms with van der Waals surface area (Å²) in [5, 5.41) is 0. The Morgan fingerprint density at radius 2 is 1.26 bits per heavy atom. The Kier molecular flexibility index (Phi) is 4.80. The maximum Gasteiger partial charge on any atom is 0.259 e. The molecule has 0 fully saturated rings. The van der Waals surface area contributed by atoms with E-state index in [4.69, 9.17) is 0 Å². The van der Waals surface area contributed by atoms with Crippen molar-refractivity contribution in [1.82, 2.24) is 9.66 Å². The van der Waals surface area contributed by atoms with Crippen molar-refractivity contribution in [3.05, 3.63) is 59.7 Å². The third kappa shape index (κ3) is 3.91. The average Bonchev–Trinajstić information content (AvgIpc) is 2.45. The van der Waals surface area contributed by atoms with E-state index in [1.54, 1.807) is 11.8 Å². The van der Waals surface area contributed by atoms with E-state index in [2.05, 4.69) is 0 Å². The van der Waals surface area contributed by atoms with E-state index >= 15 is 0 Å². The molecular weight excluding hydrogens is 350 g/mol. The zero-order valence-corrected chi connectivity index (χ0v) is 13.4. The summed E-state index contributed by atoms with van der Waals surface area (Å²) in [4.78, 5) is 1.57. The first-order valence-corrected chi connectivity index (χ1v) is 9.14. The highest BCUT2D eigenvalue weighted by Gasteiger charge is 2.26. The summed E-state index contributed by atoms with van der Waals surface area (Å²) in [6.07, 6.45) is 0. The molecule has 0 saturated carbocycles. The van der Waals surface area contributed by atoms with E-state index in [0.717, 1.165) is 23.8 Å². The van der Waals surface area contributed by atoms with Crippen LogP contribution in [-0.2, 0) is 20.0 Å². The van der Waals surface area contributed by atoms with Crippen molar-refractivity contribution < 1.29 is 25.6 Å². The number of hydrogen-bond acceptors (Lipinski definition) is 4. The predicted octanol–water partition coefficient (Wildman–Crippen LogP) is 1.45. The van der Waals surface area contributed by atoms with Gasteiger partial charge in [0, 0.05) is 0 Å². The van der Waals surface area contributed by atoms with Gasteiger partial charge in [0.15, 0.2) is 4.90 Å². The quantitative estimate of drug-likeness (QED) is 0.788. The van der Waals surface area contributed by atoms with Gasteiger partial charge in [0.1, 0.15) is 11.6 Å². The molecule has 0 bridgehead atoms. The van der Waals surface area contributed by atoms with Gasteiger partial charge in [0.05, 0.1) is 4.90 Å². The third-order valence-corrected chi connectivity index (χ3v) is 5.52. The lowest BCUT2D eigenvalue weighted by molar-refractivity contribution is 0.510. The van der Waals surface area contributed by atoms with Crippen LogP contribution in [0.25, 0.3) is 0 Å². The lowest BCUT2D eigenvalue weighted by atomic mass is 10.2. The molecule has 0 atom stereocenters. The molecule has 0 aromatic heterocycles. The Labute approximate surface area is 132 Å². The van der Waals surface area contributed by atoms with Crippen molar-refractivity contribution >= 4 is 20.0 Å². The maximum absolute atomic E-state index is 13.5. The predicted molar refractivity (Wildman–Crippen MR) is 78.2 cm³/mol.